The number of carbonyl (C=O) groups is 1. The second-order valence-corrected chi connectivity index (χ2v) is 5.01. The predicted octanol–water partition coefficient (Wildman–Crippen LogP) is 3.23. The molecule has 106 valence electrons. The Balaban J connectivity index is 1.89. The van der Waals surface area contributed by atoms with Gasteiger partial charge in [-0.25, -0.2) is 0 Å². The van der Waals surface area contributed by atoms with Crippen molar-refractivity contribution < 1.29 is 14.3 Å². The van der Waals surface area contributed by atoms with Gasteiger partial charge in [0.1, 0.15) is 5.76 Å². The Bertz CT molecular complexity index is 551. The highest BCUT2D eigenvalue weighted by Gasteiger charge is 2.16. The van der Waals surface area contributed by atoms with Crippen molar-refractivity contribution in [1.29, 1.82) is 0 Å². The minimum Gasteiger partial charge on any atom is -0.467 e. The highest BCUT2D eigenvalue weighted by Crippen LogP contribution is 2.20. The Morgan fingerprint density at radius 1 is 1.35 bits per heavy atom. The van der Waals surface area contributed by atoms with Crippen molar-refractivity contribution in [3.63, 3.8) is 0 Å². The normalized spacial score (nSPS) is 13.8. The van der Waals surface area contributed by atoms with Crippen molar-refractivity contribution in [2.75, 3.05) is 0 Å². The lowest BCUT2D eigenvalue weighted by atomic mass is 10.1. The third kappa shape index (κ3) is 3.85. The van der Waals surface area contributed by atoms with Gasteiger partial charge in [0.15, 0.2) is 0 Å². The number of furan rings is 1. The Morgan fingerprint density at radius 3 is 2.65 bits per heavy atom. The molecule has 2 aromatic rings. The first kappa shape index (κ1) is 14.6. The number of rotatable bonds is 5. The summed E-state index contributed by atoms with van der Waals surface area (Å²) in [5.41, 5.74) is 0.662. The van der Waals surface area contributed by atoms with Gasteiger partial charge < -0.3 is 14.8 Å². The van der Waals surface area contributed by atoms with Gasteiger partial charge in [0, 0.05) is 5.02 Å². The summed E-state index contributed by atoms with van der Waals surface area (Å²) >= 11 is 5.78. The maximum Gasteiger partial charge on any atom is 0.223 e. The van der Waals surface area contributed by atoms with E-state index in [9.17, 15) is 9.90 Å². The molecule has 5 heteroatoms. The Hall–Kier alpha value is -1.78. The Kier molecular flexibility index (Phi) is 4.82. The van der Waals surface area contributed by atoms with Crippen molar-refractivity contribution in [3.05, 3.63) is 59.0 Å². The van der Waals surface area contributed by atoms with Crippen LogP contribution < -0.4 is 5.32 Å². The molecule has 0 aliphatic carbocycles. The lowest BCUT2D eigenvalue weighted by Gasteiger charge is -2.14. The molecule has 0 fully saturated rings. The van der Waals surface area contributed by atoms with Crippen molar-refractivity contribution in [2.24, 2.45) is 0 Å². The van der Waals surface area contributed by atoms with Gasteiger partial charge >= 0.3 is 0 Å². The minimum atomic E-state index is -0.851. The quantitative estimate of drug-likeness (QED) is 0.889. The van der Waals surface area contributed by atoms with E-state index in [1.54, 1.807) is 42.7 Å². The molecule has 1 aromatic carbocycles. The molecule has 20 heavy (non-hydrogen) atoms. The van der Waals surface area contributed by atoms with Gasteiger partial charge in [0.25, 0.3) is 0 Å². The number of hydrogen-bond acceptors (Lipinski definition) is 3. The molecule has 0 radical (unpaired) electrons. The van der Waals surface area contributed by atoms with Crippen LogP contribution in [-0.4, -0.2) is 11.0 Å². The van der Waals surface area contributed by atoms with Crippen molar-refractivity contribution >= 4 is 17.5 Å². The average molecular weight is 294 g/mol. The summed E-state index contributed by atoms with van der Waals surface area (Å²) in [6.07, 6.45) is 0.698. The molecule has 0 saturated carbocycles. The molecule has 0 aliphatic heterocycles. The standard InChI is InChI=1S/C15H16ClNO3/c1-10(14-3-2-8-20-14)17-15(19)9-13(18)11-4-6-12(16)7-5-11/h2-8,10,13,18H,9H2,1H3,(H,17,19). The first-order chi connectivity index (χ1) is 9.56. The average Bonchev–Trinajstić information content (AvgIpc) is 2.93. The van der Waals surface area contributed by atoms with E-state index in [4.69, 9.17) is 16.0 Å². The van der Waals surface area contributed by atoms with Crippen LogP contribution in [0.2, 0.25) is 5.02 Å². The summed E-state index contributed by atoms with van der Waals surface area (Å²) in [6, 6.07) is 10.1. The van der Waals surface area contributed by atoms with Gasteiger partial charge in [-0.2, -0.15) is 0 Å². The van der Waals surface area contributed by atoms with E-state index in [0.29, 0.717) is 16.3 Å². The van der Waals surface area contributed by atoms with Crippen molar-refractivity contribution in [3.8, 4) is 0 Å². The van der Waals surface area contributed by atoms with Crippen molar-refractivity contribution in [1.82, 2.24) is 5.32 Å². The van der Waals surface area contributed by atoms with Gasteiger partial charge in [-0.05, 0) is 36.8 Å². The first-order valence-electron chi connectivity index (χ1n) is 6.32. The number of aliphatic hydroxyl groups excluding tert-OH is 1. The lowest BCUT2D eigenvalue weighted by molar-refractivity contribution is -0.123. The summed E-state index contributed by atoms with van der Waals surface area (Å²) in [6.45, 7) is 1.82. The molecule has 0 bridgehead atoms. The molecule has 2 N–H and O–H groups in total. The van der Waals surface area contributed by atoms with Crippen LogP contribution in [0, 0.1) is 0 Å². The van der Waals surface area contributed by atoms with E-state index in [2.05, 4.69) is 5.32 Å². The number of nitrogens with one attached hydrogen (secondary N) is 1. The number of hydrogen-bond donors (Lipinski definition) is 2. The zero-order chi connectivity index (χ0) is 14.5. The van der Waals surface area contributed by atoms with Gasteiger partial charge in [-0.1, -0.05) is 23.7 Å². The van der Waals surface area contributed by atoms with Crippen LogP contribution in [0.1, 0.15) is 36.8 Å². The second kappa shape index (κ2) is 6.59. The first-order valence-corrected chi connectivity index (χ1v) is 6.70. The monoisotopic (exact) mass is 293 g/mol. The van der Waals surface area contributed by atoms with Crippen molar-refractivity contribution in [2.45, 2.75) is 25.5 Å². The summed E-state index contributed by atoms with van der Waals surface area (Å²) in [7, 11) is 0. The lowest BCUT2D eigenvalue weighted by Crippen LogP contribution is -2.27. The van der Waals surface area contributed by atoms with E-state index in [0.717, 1.165) is 0 Å². The fourth-order valence-corrected chi connectivity index (χ4v) is 2.01. The summed E-state index contributed by atoms with van der Waals surface area (Å²) < 4.78 is 5.21. The zero-order valence-corrected chi connectivity index (χ0v) is 11.8. The third-order valence-electron chi connectivity index (χ3n) is 2.98. The largest absolute Gasteiger partial charge is 0.467 e. The minimum absolute atomic E-state index is 0.00726. The van der Waals surface area contributed by atoms with E-state index < -0.39 is 6.10 Å². The number of aliphatic hydroxyl groups is 1. The van der Waals surface area contributed by atoms with Gasteiger partial charge in [0.2, 0.25) is 5.91 Å². The SMILES string of the molecule is CC(NC(=O)CC(O)c1ccc(Cl)cc1)c1ccco1. The van der Waals surface area contributed by atoms with E-state index in [1.807, 2.05) is 6.92 Å². The second-order valence-electron chi connectivity index (χ2n) is 4.58. The summed E-state index contributed by atoms with van der Waals surface area (Å²) in [4.78, 5) is 11.9. The number of benzene rings is 1. The Morgan fingerprint density at radius 2 is 2.05 bits per heavy atom. The molecule has 1 heterocycles. The van der Waals surface area contributed by atoms with Crippen LogP contribution in [0.3, 0.4) is 0 Å². The number of carbonyl (C=O) groups excluding carboxylic acids is 1. The predicted molar refractivity (Wildman–Crippen MR) is 76.3 cm³/mol. The highest BCUT2D eigenvalue weighted by atomic mass is 35.5. The molecule has 0 spiro atoms. The van der Waals surface area contributed by atoms with E-state index >= 15 is 0 Å². The molecule has 0 aliphatic rings. The molecule has 2 unspecified atom stereocenters. The molecular weight excluding hydrogens is 278 g/mol. The van der Waals surface area contributed by atoms with Gasteiger partial charge in [-0.3, -0.25) is 4.79 Å². The van der Waals surface area contributed by atoms with E-state index in [1.165, 1.54) is 0 Å². The molecule has 1 amide bonds. The molecule has 4 nitrogen and oxygen atoms in total. The zero-order valence-electron chi connectivity index (χ0n) is 11.0. The van der Waals surface area contributed by atoms with Crippen LogP contribution in [-0.2, 0) is 4.79 Å². The van der Waals surface area contributed by atoms with E-state index in [-0.39, 0.29) is 18.4 Å². The smallest absolute Gasteiger partial charge is 0.223 e. The Labute approximate surface area is 122 Å². The number of halogens is 1. The molecular formula is C15H16ClNO3. The van der Waals surface area contributed by atoms with Gasteiger partial charge in [0.05, 0.1) is 24.8 Å². The maximum absolute atomic E-state index is 11.9. The number of amides is 1. The van der Waals surface area contributed by atoms with Crippen LogP contribution in [0.4, 0.5) is 0 Å². The van der Waals surface area contributed by atoms with Crippen LogP contribution in [0.15, 0.2) is 47.1 Å². The highest BCUT2D eigenvalue weighted by molar-refractivity contribution is 6.30. The summed E-state index contributed by atoms with van der Waals surface area (Å²) in [5.74, 6) is 0.440. The van der Waals surface area contributed by atoms with Crippen LogP contribution >= 0.6 is 11.6 Å². The fourth-order valence-electron chi connectivity index (χ4n) is 1.89. The third-order valence-corrected chi connectivity index (χ3v) is 3.23. The molecule has 1 aromatic heterocycles. The molecule has 0 saturated heterocycles. The molecule has 2 rings (SSSR count). The summed E-state index contributed by atoms with van der Waals surface area (Å²) in [5, 5.41) is 13.4. The maximum atomic E-state index is 11.9. The topological polar surface area (TPSA) is 62.5 Å². The fraction of sp³-hybridized carbons (Fsp3) is 0.267. The van der Waals surface area contributed by atoms with Gasteiger partial charge in [-0.15, -0.1) is 0 Å². The van der Waals surface area contributed by atoms with Crippen LogP contribution in [0.5, 0.6) is 0 Å². The molecule has 2 atom stereocenters. The van der Waals surface area contributed by atoms with Crippen LogP contribution in [0.25, 0.3) is 0 Å².